The Morgan fingerprint density at radius 2 is 1.68 bits per heavy atom. The third-order valence-electron chi connectivity index (χ3n) is 6.18. The average Bonchev–Trinajstić information content (AvgIpc) is 2.57. The highest BCUT2D eigenvalue weighted by molar-refractivity contribution is 6.45. The highest BCUT2D eigenvalue weighted by Gasteiger charge is 2.48. The molecule has 0 spiro atoms. The van der Waals surface area contributed by atoms with Gasteiger partial charge in [-0.3, -0.25) is 0 Å². The molecule has 1 fully saturated rings. The van der Waals surface area contributed by atoms with E-state index >= 15 is 4.39 Å². The van der Waals surface area contributed by atoms with Gasteiger partial charge in [-0.15, -0.1) is 0 Å². The van der Waals surface area contributed by atoms with Crippen molar-refractivity contribution < 1.29 is 31.4 Å². The Labute approximate surface area is 177 Å². The molecule has 2 aliphatic carbocycles. The van der Waals surface area contributed by atoms with E-state index in [0.717, 1.165) is 6.92 Å². The Morgan fingerprint density at radius 1 is 1.10 bits per heavy atom. The van der Waals surface area contributed by atoms with Crippen molar-refractivity contribution in [3.63, 3.8) is 0 Å². The Balaban J connectivity index is 1.99. The fourth-order valence-corrected chi connectivity index (χ4v) is 3.45. The number of nitrogens with zero attached hydrogens (tertiary/aromatic N) is 3. The number of anilines is 2. The first-order valence-corrected chi connectivity index (χ1v) is 9.87. The minimum Gasteiger partial charge on any atom is -0.393 e. The van der Waals surface area contributed by atoms with Crippen LogP contribution in [0.5, 0.6) is 0 Å². The van der Waals surface area contributed by atoms with Crippen LogP contribution in [-0.4, -0.2) is 73.3 Å². The predicted molar refractivity (Wildman–Crippen MR) is 111 cm³/mol. The SMILES string of the molecule is BC1(B)CCC(c2nc(NC3CC(F)(F)C3)nc(N[C@@H](C)C(F)(F)F)n2)=C(F)C1(B)O. The molecule has 6 nitrogen and oxygen atoms in total. The van der Waals surface area contributed by atoms with Gasteiger partial charge in [-0.2, -0.15) is 28.1 Å². The zero-order chi connectivity index (χ0) is 23.4. The van der Waals surface area contributed by atoms with Gasteiger partial charge in [0.1, 0.15) is 27.6 Å². The van der Waals surface area contributed by atoms with Crippen molar-refractivity contribution >= 4 is 41.0 Å². The summed E-state index contributed by atoms with van der Waals surface area (Å²) in [5, 5.41) is 14.6. The lowest BCUT2D eigenvalue weighted by atomic mass is 9.37. The van der Waals surface area contributed by atoms with Crippen LogP contribution in [-0.2, 0) is 0 Å². The molecule has 1 unspecified atom stereocenters. The number of alkyl halides is 5. The average molecular weight is 447 g/mol. The molecule has 0 aromatic carbocycles. The molecule has 0 amide bonds. The van der Waals surface area contributed by atoms with Crippen LogP contribution >= 0.6 is 0 Å². The Hall–Kier alpha value is -1.92. The quantitative estimate of drug-likeness (QED) is 0.454. The lowest BCUT2D eigenvalue weighted by molar-refractivity contribution is -0.138. The van der Waals surface area contributed by atoms with E-state index in [1.54, 1.807) is 15.7 Å². The van der Waals surface area contributed by atoms with Crippen LogP contribution in [0.1, 0.15) is 38.4 Å². The van der Waals surface area contributed by atoms with Gasteiger partial charge in [0, 0.05) is 24.5 Å². The van der Waals surface area contributed by atoms with E-state index in [1.807, 2.05) is 0 Å². The minimum absolute atomic E-state index is 0.0589. The first kappa shape index (κ1) is 23.7. The highest BCUT2D eigenvalue weighted by Crippen LogP contribution is 2.49. The fourth-order valence-electron chi connectivity index (χ4n) is 3.45. The van der Waals surface area contributed by atoms with Gasteiger partial charge in [0.05, 0.1) is 5.50 Å². The molecule has 0 radical (unpaired) electrons. The van der Waals surface area contributed by atoms with Crippen molar-refractivity contribution in [1.82, 2.24) is 15.0 Å². The maximum absolute atomic E-state index is 15.2. The second kappa shape index (κ2) is 7.59. The van der Waals surface area contributed by atoms with E-state index in [0.29, 0.717) is 6.42 Å². The first-order valence-electron chi connectivity index (χ1n) is 9.87. The number of rotatable bonds is 5. The van der Waals surface area contributed by atoms with Crippen LogP contribution in [0, 0.1) is 0 Å². The summed E-state index contributed by atoms with van der Waals surface area (Å²) in [6.07, 6.45) is -5.05. The summed E-state index contributed by atoms with van der Waals surface area (Å²) >= 11 is 0. The van der Waals surface area contributed by atoms with E-state index in [4.69, 9.17) is 0 Å². The van der Waals surface area contributed by atoms with E-state index < -0.39 is 59.5 Å². The lowest BCUT2D eigenvalue weighted by Crippen LogP contribution is -2.48. The van der Waals surface area contributed by atoms with Gasteiger partial charge in [0.15, 0.2) is 13.7 Å². The molecule has 2 atom stereocenters. The van der Waals surface area contributed by atoms with Gasteiger partial charge in [-0.05, 0) is 13.3 Å². The Kier molecular flexibility index (Phi) is 5.82. The molecular formula is C16H22B3F6N5O. The molecule has 15 heteroatoms. The van der Waals surface area contributed by atoms with Gasteiger partial charge < -0.3 is 15.7 Å². The van der Waals surface area contributed by atoms with Crippen LogP contribution in [0.3, 0.4) is 0 Å². The zero-order valence-electron chi connectivity index (χ0n) is 17.5. The third kappa shape index (κ3) is 4.80. The van der Waals surface area contributed by atoms with Crippen LogP contribution in [0.25, 0.3) is 5.57 Å². The third-order valence-corrected chi connectivity index (χ3v) is 6.18. The summed E-state index contributed by atoms with van der Waals surface area (Å²) in [4.78, 5) is 11.8. The molecule has 1 aromatic rings. The summed E-state index contributed by atoms with van der Waals surface area (Å²) in [5.41, 5.74) is -1.90. The fraction of sp³-hybridized carbons (Fsp3) is 0.688. The number of hydrogen-bond donors (Lipinski definition) is 3. The number of allylic oxidation sites excluding steroid dienone is 1. The number of halogens is 6. The van der Waals surface area contributed by atoms with Crippen molar-refractivity contribution in [3.8, 4) is 0 Å². The van der Waals surface area contributed by atoms with Crippen molar-refractivity contribution in [1.29, 1.82) is 0 Å². The van der Waals surface area contributed by atoms with Gasteiger partial charge in [0.25, 0.3) is 5.92 Å². The van der Waals surface area contributed by atoms with Gasteiger partial charge >= 0.3 is 6.18 Å². The topological polar surface area (TPSA) is 83.0 Å². The summed E-state index contributed by atoms with van der Waals surface area (Å²) in [6, 6.07) is -2.69. The summed E-state index contributed by atoms with van der Waals surface area (Å²) < 4.78 is 80.3. The predicted octanol–water partition coefficient (Wildman–Crippen LogP) is 0.622. The Morgan fingerprint density at radius 3 is 2.23 bits per heavy atom. The van der Waals surface area contributed by atoms with Crippen LogP contribution < -0.4 is 10.6 Å². The number of aliphatic hydroxyl groups is 1. The van der Waals surface area contributed by atoms with E-state index in [1.165, 1.54) is 7.85 Å². The molecule has 3 N–H and O–H groups in total. The maximum atomic E-state index is 15.2. The molecule has 0 saturated heterocycles. The van der Waals surface area contributed by atoms with Crippen molar-refractivity contribution in [2.45, 2.75) is 67.5 Å². The monoisotopic (exact) mass is 447 g/mol. The largest absolute Gasteiger partial charge is 0.408 e. The molecule has 0 aliphatic heterocycles. The normalized spacial score (nSPS) is 26.8. The molecule has 1 heterocycles. The van der Waals surface area contributed by atoms with E-state index in [-0.39, 0.29) is 23.8 Å². The van der Waals surface area contributed by atoms with E-state index in [9.17, 15) is 27.1 Å². The molecule has 31 heavy (non-hydrogen) atoms. The van der Waals surface area contributed by atoms with Crippen molar-refractivity contribution in [3.05, 3.63) is 11.7 Å². The maximum Gasteiger partial charge on any atom is 0.408 e. The molecule has 1 aromatic heterocycles. The van der Waals surface area contributed by atoms with Crippen molar-refractivity contribution in [2.24, 2.45) is 0 Å². The summed E-state index contributed by atoms with van der Waals surface area (Å²) in [5.74, 6) is -4.69. The van der Waals surface area contributed by atoms with Gasteiger partial charge in [0.2, 0.25) is 11.9 Å². The van der Waals surface area contributed by atoms with Gasteiger partial charge in [-0.25, -0.2) is 13.2 Å². The highest BCUT2D eigenvalue weighted by atomic mass is 19.4. The number of hydrogen-bond acceptors (Lipinski definition) is 6. The second-order valence-electron chi connectivity index (χ2n) is 9.07. The van der Waals surface area contributed by atoms with Crippen molar-refractivity contribution in [2.75, 3.05) is 10.6 Å². The molecular weight excluding hydrogens is 425 g/mol. The first-order chi connectivity index (χ1) is 14.0. The molecule has 0 bridgehead atoms. The zero-order valence-corrected chi connectivity index (χ0v) is 17.5. The van der Waals surface area contributed by atoms with Gasteiger partial charge in [-0.1, -0.05) is 11.6 Å². The molecule has 1 saturated carbocycles. The summed E-state index contributed by atoms with van der Waals surface area (Å²) in [6.45, 7) is 0.858. The second-order valence-corrected chi connectivity index (χ2v) is 9.07. The standard InChI is InChI=1S/C16H22B3F6N5O/c1-6(16(23,24)25)26-11-28-10(8-2-3-14(17,18)15(19,31)9(8)20)29-12(30-11)27-7-4-13(21,22)5-7/h6-7,31H,2-5,17-19H2,1H3,(H2,26,27,28,29,30)/t6-,15?/m0/s1. The molecule has 2 aliphatic rings. The number of aromatic nitrogens is 3. The summed E-state index contributed by atoms with van der Waals surface area (Å²) in [7, 11) is 4.69. The minimum atomic E-state index is -4.60. The van der Waals surface area contributed by atoms with Crippen LogP contribution in [0.4, 0.5) is 38.2 Å². The van der Waals surface area contributed by atoms with Crippen LogP contribution in [0.15, 0.2) is 5.83 Å². The lowest BCUT2D eigenvalue weighted by Gasteiger charge is -2.44. The molecule has 168 valence electrons. The van der Waals surface area contributed by atoms with E-state index in [2.05, 4.69) is 25.6 Å². The molecule has 3 rings (SSSR count). The number of nitrogens with one attached hydrogen (secondary N) is 2. The Bertz CT molecular complexity index is 887. The smallest absolute Gasteiger partial charge is 0.393 e. The van der Waals surface area contributed by atoms with Crippen LogP contribution in [0.2, 0.25) is 5.21 Å².